The van der Waals surface area contributed by atoms with Crippen molar-refractivity contribution in [1.82, 2.24) is 0 Å². The van der Waals surface area contributed by atoms with Gasteiger partial charge in [-0.3, -0.25) is 4.79 Å². The lowest BCUT2D eigenvalue weighted by atomic mass is 10.1. The Morgan fingerprint density at radius 1 is 1.22 bits per heavy atom. The van der Waals surface area contributed by atoms with Crippen LogP contribution in [0.4, 0.5) is 0 Å². The van der Waals surface area contributed by atoms with Crippen molar-refractivity contribution in [3.8, 4) is 0 Å². The summed E-state index contributed by atoms with van der Waals surface area (Å²) in [5.74, 6) is -0.203. The molecule has 0 aliphatic heterocycles. The molecule has 1 aromatic rings. The van der Waals surface area contributed by atoms with Gasteiger partial charge in [-0.25, -0.2) is 4.79 Å². The summed E-state index contributed by atoms with van der Waals surface area (Å²) >= 11 is 11.6. The molecule has 0 saturated carbocycles. The Morgan fingerprint density at radius 2 is 2.00 bits per heavy atom. The molecule has 3 nitrogen and oxygen atoms in total. The van der Waals surface area contributed by atoms with Crippen molar-refractivity contribution in [1.29, 1.82) is 0 Å². The van der Waals surface area contributed by atoms with Crippen molar-refractivity contribution >= 4 is 35.0 Å². The van der Waals surface area contributed by atoms with Crippen molar-refractivity contribution in [2.75, 3.05) is 0 Å². The van der Waals surface area contributed by atoms with Crippen molar-refractivity contribution in [2.45, 2.75) is 19.3 Å². The second-order valence-electron chi connectivity index (χ2n) is 3.94. The highest BCUT2D eigenvalue weighted by Crippen LogP contribution is 2.24. The first kappa shape index (κ1) is 13.1. The zero-order valence-corrected chi connectivity index (χ0v) is 10.9. The SMILES string of the molecule is O=C1C=C(OC(=O)c2ccc(Cl)cc2Cl)CCC1. The van der Waals surface area contributed by atoms with Crippen LogP contribution >= 0.6 is 23.2 Å². The number of benzene rings is 1. The molecule has 1 aromatic carbocycles. The highest BCUT2D eigenvalue weighted by molar-refractivity contribution is 6.36. The van der Waals surface area contributed by atoms with E-state index in [0.29, 0.717) is 30.0 Å². The Kier molecular flexibility index (Phi) is 4.04. The summed E-state index contributed by atoms with van der Waals surface area (Å²) < 4.78 is 5.14. The Bertz CT molecular complexity index is 535. The first-order chi connectivity index (χ1) is 8.56. The van der Waals surface area contributed by atoms with Gasteiger partial charge in [0.1, 0.15) is 5.76 Å². The third-order valence-corrected chi connectivity index (χ3v) is 3.09. The van der Waals surface area contributed by atoms with E-state index >= 15 is 0 Å². The summed E-state index contributed by atoms with van der Waals surface area (Å²) in [6, 6.07) is 4.53. The van der Waals surface area contributed by atoms with E-state index in [1.54, 1.807) is 6.07 Å². The molecule has 1 aliphatic carbocycles. The summed E-state index contributed by atoms with van der Waals surface area (Å²) in [6.45, 7) is 0. The number of esters is 1. The lowest BCUT2D eigenvalue weighted by Crippen LogP contribution is -2.10. The number of carbonyl (C=O) groups excluding carboxylic acids is 2. The monoisotopic (exact) mass is 284 g/mol. The highest BCUT2D eigenvalue weighted by atomic mass is 35.5. The van der Waals surface area contributed by atoms with Crippen molar-refractivity contribution in [3.63, 3.8) is 0 Å². The van der Waals surface area contributed by atoms with Gasteiger partial charge in [0.15, 0.2) is 5.78 Å². The molecular formula is C13H10Cl2O3. The predicted octanol–water partition coefficient (Wildman–Crippen LogP) is 3.79. The third kappa shape index (κ3) is 3.12. The van der Waals surface area contributed by atoms with E-state index in [1.165, 1.54) is 18.2 Å². The minimum Gasteiger partial charge on any atom is -0.427 e. The van der Waals surface area contributed by atoms with Crippen LogP contribution in [0.1, 0.15) is 29.6 Å². The van der Waals surface area contributed by atoms with Gasteiger partial charge in [-0.15, -0.1) is 0 Å². The number of hydrogen-bond donors (Lipinski definition) is 0. The van der Waals surface area contributed by atoms with Gasteiger partial charge in [0.2, 0.25) is 0 Å². The molecule has 94 valence electrons. The normalized spacial score (nSPS) is 15.2. The number of ketones is 1. The minimum absolute atomic E-state index is 0.0220. The molecule has 0 amide bonds. The molecule has 0 heterocycles. The zero-order chi connectivity index (χ0) is 13.1. The summed E-state index contributed by atoms with van der Waals surface area (Å²) in [5, 5.41) is 0.679. The zero-order valence-electron chi connectivity index (χ0n) is 9.41. The molecule has 5 heteroatoms. The van der Waals surface area contributed by atoms with Crippen molar-refractivity contribution in [3.05, 3.63) is 45.6 Å². The maximum Gasteiger partial charge on any atom is 0.344 e. The van der Waals surface area contributed by atoms with Crippen LogP contribution in [-0.2, 0) is 9.53 Å². The fourth-order valence-corrected chi connectivity index (χ4v) is 2.16. The molecule has 1 aliphatic rings. The van der Waals surface area contributed by atoms with Gasteiger partial charge in [-0.05, 0) is 24.6 Å². The van der Waals surface area contributed by atoms with Crippen molar-refractivity contribution < 1.29 is 14.3 Å². The van der Waals surface area contributed by atoms with Gasteiger partial charge in [-0.1, -0.05) is 23.2 Å². The maximum atomic E-state index is 11.8. The molecule has 18 heavy (non-hydrogen) atoms. The molecule has 0 bridgehead atoms. The van der Waals surface area contributed by atoms with Crippen LogP contribution < -0.4 is 0 Å². The topological polar surface area (TPSA) is 43.4 Å². The van der Waals surface area contributed by atoms with Crippen LogP contribution in [0.3, 0.4) is 0 Å². The van der Waals surface area contributed by atoms with E-state index < -0.39 is 5.97 Å². The van der Waals surface area contributed by atoms with Crippen LogP contribution in [0.2, 0.25) is 10.0 Å². The molecule has 0 saturated heterocycles. The Morgan fingerprint density at radius 3 is 2.67 bits per heavy atom. The highest BCUT2D eigenvalue weighted by Gasteiger charge is 2.17. The Balaban J connectivity index is 2.15. The van der Waals surface area contributed by atoms with Gasteiger partial charge in [0.05, 0.1) is 10.6 Å². The smallest absolute Gasteiger partial charge is 0.344 e. The van der Waals surface area contributed by atoms with Crippen LogP contribution in [0.15, 0.2) is 30.0 Å². The molecule has 0 radical (unpaired) electrons. The number of allylic oxidation sites excluding steroid dienone is 2. The quantitative estimate of drug-likeness (QED) is 0.776. The van der Waals surface area contributed by atoms with Gasteiger partial charge < -0.3 is 4.74 Å². The van der Waals surface area contributed by atoms with Gasteiger partial charge in [0.25, 0.3) is 0 Å². The minimum atomic E-state index is -0.572. The van der Waals surface area contributed by atoms with E-state index in [1.807, 2.05) is 0 Å². The Hall–Kier alpha value is -1.32. The second kappa shape index (κ2) is 5.55. The molecule has 0 spiro atoms. The van der Waals surface area contributed by atoms with Crippen LogP contribution in [0.25, 0.3) is 0 Å². The number of hydrogen-bond acceptors (Lipinski definition) is 3. The van der Waals surface area contributed by atoms with Gasteiger partial charge >= 0.3 is 5.97 Å². The van der Waals surface area contributed by atoms with E-state index in [-0.39, 0.29) is 16.4 Å². The largest absolute Gasteiger partial charge is 0.427 e. The number of rotatable bonds is 2. The molecule has 2 rings (SSSR count). The summed E-state index contributed by atoms with van der Waals surface area (Å²) in [7, 11) is 0. The van der Waals surface area contributed by atoms with E-state index in [2.05, 4.69) is 0 Å². The van der Waals surface area contributed by atoms with E-state index in [4.69, 9.17) is 27.9 Å². The van der Waals surface area contributed by atoms with Crippen LogP contribution in [0, 0.1) is 0 Å². The lowest BCUT2D eigenvalue weighted by molar-refractivity contribution is -0.115. The lowest BCUT2D eigenvalue weighted by Gasteiger charge is -2.12. The summed E-state index contributed by atoms with van der Waals surface area (Å²) in [4.78, 5) is 23.0. The maximum absolute atomic E-state index is 11.8. The average Bonchev–Trinajstić information content (AvgIpc) is 2.28. The first-order valence-corrected chi connectivity index (χ1v) is 6.22. The summed E-state index contributed by atoms with van der Waals surface area (Å²) in [6.07, 6.45) is 3.16. The Labute approximate surface area is 114 Å². The van der Waals surface area contributed by atoms with Crippen LogP contribution in [0.5, 0.6) is 0 Å². The first-order valence-electron chi connectivity index (χ1n) is 5.47. The van der Waals surface area contributed by atoms with Crippen LogP contribution in [-0.4, -0.2) is 11.8 Å². The molecule has 0 N–H and O–H groups in total. The molecule has 0 unspecified atom stereocenters. The van der Waals surface area contributed by atoms with E-state index in [9.17, 15) is 9.59 Å². The predicted molar refractivity (Wildman–Crippen MR) is 68.8 cm³/mol. The van der Waals surface area contributed by atoms with Gasteiger partial charge in [-0.2, -0.15) is 0 Å². The fourth-order valence-electron chi connectivity index (χ4n) is 1.67. The molecular weight excluding hydrogens is 275 g/mol. The fraction of sp³-hybridized carbons (Fsp3) is 0.231. The number of ether oxygens (including phenoxy) is 1. The standard InChI is InChI=1S/C13H10Cl2O3/c14-8-4-5-11(12(15)6-8)13(17)18-10-3-1-2-9(16)7-10/h4-7H,1-3H2. The van der Waals surface area contributed by atoms with E-state index in [0.717, 1.165) is 0 Å². The van der Waals surface area contributed by atoms with Crippen molar-refractivity contribution in [2.24, 2.45) is 0 Å². The second-order valence-corrected chi connectivity index (χ2v) is 4.79. The van der Waals surface area contributed by atoms with Gasteiger partial charge in [0, 0.05) is 23.9 Å². The number of halogens is 2. The molecule has 0 aromatic heterocycles. The number of carbonyl (C=O) groups is 2. The molecule has 0 atom stereocenters. The molecule has 0 fully saturated rings. The summed E-state index contributed by atoms with van der Waals surface area (Å²) in [5.41, 5.74) is 0.236. The third-order valence-electron chi connectivity index (χ3n) is 2.54. The average molecular weight is 285 g/mol.